The average molecular weight is 391 g/mol. The molecule has 1 N–H and O–H groups in total. The van der Waals surface area contributed by atoms with Crippen LogP contribution < -0.4 is 10.1 Å². The SMILES string of the molecule is CC(C)(C)OC(=O)N1CCC[C@H]1C(=O)Nc1ccc(OC(F)F)c(Cl)c1. The smallest absolute Gasteiger partial charge is 0.410 e. The van der Waals surface area contributed by atoms with Crippen molar-refractivity contribution in [2.45, 2.75) is 51.9 Å². The third-order valence-corrected chi connectivity index (χ3v) is 3.89. The number of ether oxygens (including phenoxy) is 2. The molecule has 0 unspecified atom stereocenters. The third-order valence-electron chi connectivity index (χ3n) is 3.60. The van der Waals surface area contributed by atoms with Gasteiger partial charge < -0.3 is 14.8 Å². The number of halogens is 3. The molecule has 1 aliphatic heterocycles. The van der Waals surface area contributed by atoms with Crippen LogP contribution in [-0.2, 0) is 9.53 Å². The Morgan fingerprint density at radius 1 is 1.35 bits per heavy atom. The summed E-state index contributed by atoms with van der Waals surface area (Å²) in [5.41, 5.74) is -0.341. The van der Waals surface area contributed by atoms with Gasteiger partial charge in [-0.2, -0.15) is 8.78 Å². The maximum Gasteiger partial charge on any atom is 0.410 e. The minimum absolute atomic E-state index is 0.0569. The van der Waals surface area contributed by atoms with Crippen LogP contribution in [0, 0.1) is 0 Å². The summed E-state index contributed by atoms with van der Waals surface area (Å²) in [6.07, 6.45) is 0.638. The van der Waals surface area contributed by atoms with Crippen LogP contribution in [0.1, 0.15) is 33.6 Å². The molecule has 0 bridgehead atoms. The minimum atomic E-state index is -2.99. The predicted molar refractivity (Wildman–Crippen MR) is 92.7 cm³/mol. The van der Waals surface area contributed by atoms with Crippen LogP contribution in [0.15, 0.2) is 18.2 Å². The lowest BCUT2D eigenvalue weighted by atomic mass is 10.2. The number of nitrogens with one attached hydrogen (secondary N) is 1. The number of amides is 2. The van der Waals surface area contributed by atoms with Crippen molar-refractivity contribution in [1.29, 1.82) is 0 Å². The number of benzene rings is 1. The number of anilines is 1. The molecule has 0 saturated carbocycles. The van der Waals surface area contributed by atoms with Gasteiger partial charge in [-0.05, 0) is 51.8 Å². The van der Waals surface area contributed by atoms with Gasteiger partial charge in [0, 0.05) is 12.2 Å². The Morgan fingerprint density at radius 2 is 2.04 bits per heavy atom. The zero-order chi connectivity index (χ0) is 19.5. The standard InChI is InChI=1S/C17H21ClF2N2O4/c1-17(2,3)26-16(24)22-8-4-5-12(22)14(23)21-10-6-7-13(11(18)9-10)25-15(19)20/h6-7,9,12,15H,4-5,8H2,1-3H3,(H,21,23)/t12-/m0/s1. The fraction of sp³-hybridized carbons (Fsp3) is 0.529. The normalized spacial score (nSPS) is 17.3. The van der Waals surface area contributed by atoms with E-state index in [0.717, 1.165) is 0 Å². The molecule has 144 valence electrons. The molecule has 6 nitrogen and oxygen atoms in total. The lowest BCUT2D eigenvalue weighted by molar-refractivity contribution is -0.120. The van der Waals surface area contributed by atoms with E-state index in [1.165, 1.54) is 23.1 Å². The van der Waals surface area contributed by atoms with E-state index in [1.54, 1.807) is 20.8 Å². The highest BCUT2D eigenvalue weighted by molar-refractivity contribution is 6.32. The zero-order valence-electron chi connectivity index (χ0n) is 14.7. The number of alkyl halides is 2. The van der Waals surface area contributed by atoms with Gasteiger partial charge in [-0.1, -0.05) is 11.6 Å². The van der Waals surface area contributed by atoms with E-state index >= 15 is 0 Å². The van der Waals surface area contributed by atoms with E-state index in [9.17, 15) is 18.4 Å². The molecule has 2 rings (SSSR count). The number of hydrogen-bond acceptors (Lipinski definition) is 4. The first-order chi connectivity index (χ1) is 12.1. The molecule has 1 aliphatic rings. The molecule has 1 fully saturated rings. The van der Waals surface area contributed by atoms with Gasteiger partial charge >= 0.3 is 12.7 Å². The molecule has 1 atom stereocenters. The predicted octanol–water partition coefficient (Wildman–Crippen LogP) is 4.28. The summed E-state index contributed by atoms with van der Waals surface area (Å²) in [6.45, 7) is 2.69. The van der Waals surface area contributed by atoms with E-state index < -0.39 is 30.3 Å². The molecule has 0 aliphatic carbocycles. The Kier molecular flexibility index (Phi) is 6.28. The molecular weight excluding hydrogens is 370 g/mol. The topological polar surface area (TPSA) is 67.9 Å². The van der Waals surface area contributed by atoms with Gasteiger partial charge in [0.2, 0.25) is 5.91 Å². The zero-order valence-corrected chi connectivity index (χ0v) is 15.5. The largest absolute Gasteiger partial charge is 0.444 e. The molecule has 0 radical (unpaired) electrons. The van der Waals surface area contributed by atoms with Crippen LogP contribution in [0.2, 0.25) is 5.02 Å². The summed E-state index contributed by atoms with van der Waals surface area (Å²) in [6, 6.07) is 3.28. The molecule has 0 aromatic heterocycles. The summed E-state index contributed by atoms with van der Waals surface area (Å²) in [5, 5.41) is 2.58. The van der Waals surface area contributed by atoms with Gasteiger partial charge in [0.15, 0.2) is 0 Å². The first-order valence-corrected chi connectivity index (χ1v) is 8.49. The van der Waals surface area contributed by atoms with Crippen LogP contribution in [0.25, 0.3) is 0 Å². The Labute approximate surface area is 155 Å². The Hall–Kier alpha value is -2.09. The highest BCUT2D eigenvalue weighted by atomic mass is 35.5. The third kappa shape index (κ3) is 5.45. The van der Waals surface area contributed by atoms with Crippen molar-refractivity contribution < 1.29 is 27.8 Å². The number of carbonyl (C=O) groups is 2. The van der Waals surface area contributed by atoms with Crippen LogP contribution in [-0.4, -0.2) is 41.7 Å². The van der Waals surface area contributed by atoms with Gasteiger partial charge in [0.1, 0.15) is 17.4 Å². The van der Waals surface area contributed by atoms with Crippen LogP contribution >= 0.6 is 11.6 Å². The molecule has 2 amide bonds. The molecule has 0 spiro atoms. The van der Waals surface area contributed by atoms with Crippen molar-refractivity contribution in [3.05, 3.63) is 23.2 Å². The number of nitrogens with zero attached hydrogens (tertiary/aromatic N) is 1. The molecule has 26 heavy (non-hydrogen) atoms. The molecule has 1 saturated heterocycles. The van der Waals surface area contributed by atoms with Crippen molar-refractivity contribution in [3.8, 4) is 5.75 Å². The molecule has 1 aromatic rings. The van der Waals surface area contributed by atoms with Crippen molar-refractivity contribution in [1.82, 2.24) is 4.90 Å². The molecular formula is C17H21ClF2N2O4. The Morgan fingerprint density at radius 3 is 2.62 bits per heavy atom. The maximum atomic E-state index is 12.5. The van der Waals surface area contributed by atoms with Crippen LogP contribution in [0.3, 0.4) is 0 Å². The summed E-state index contributed by atoms with van der Waals surface area (Å²) < 4.78 is 34.1. The second kappa shape index (κ2) is 8.07. The summed E-state index contributed by atoms with van der Waals surface area (Å²) >= 11 is 5.87. The first kappa shape index (κ1) is 20.2. The average Bonchev–Trinajstić information content (AvgIpc) is 2.97. The molecule has 9 heteroatoms. The van der Waals surface area contributed by atoms with E-state index in [4.69, 9.17) is 16.3 Å². The second-order valence-corrected chi connectivity index (χ2v) is 7.25. The lowest BCUT2D eigenvalue weighted by Gasteiger charge is -2.28. The van der Waals surface area contributed by atoms with Gasteiger partial charge in [-0.15, -0.1) is 0 Å². The Bertz CT molecular complexity index is 679. The summed E-state index contributed by atoms with van der Waals surface area (Å²) in [5.74, 6) is -0.581. The van der Waals surface area contributed by atoms with Gasteiger partial charge in [0.25, 0.3) is 0 Å². The molecule has 1 heterocycles. The fourth-order valence-electron chi connectivity index (χ4n) is 2.57. The van der Waals surface area contributed by atoms with E-state index in [0.29, 0.717) is 25.1 Å². The minimum Gasteiger partial charge on any atom is -0.444 e. The van der Waals surface area contributed by atoms with Crippen molar-refractivity contribution in [2.75, 3.05) is 11.9 Å². The highest BCUT2D eigenvalue weighted by Gasteiger charge is 2.36. The lowest BCUT2D eigenvalue weighted by Crippen LogP contribution is -2.45. The maximum absolute atomic E-state index is 12.5. The van der Waals surface area contributed by atoms with Crippen molar-refractivity contribution >= 4 is 29.3 Å². The number of hydrogen-bond donors (Lipinski definition) is 1. The second-order valence-electron chi connectivity index (χ2n) is 6.84. The van der Waals surface area contributed by atoms with E-state index in [2.05, 4.69) is 10.1 Å². The quantitative estimate of drug-likeness (QED) is 0.833. The summed E-state index contributed by atoms with van der Waals surface area (Å²) in [7, 11) is 0. The monoisotopic (exact) mass is 390 g/mol. The van der Waals surface area contributed by atoms with E-state index in [1.807, 2.05) is 0 Å². The van der Waals surface area contributed by atoms with Crippen molar-refractivity contribution in [3.63, 3.8) is 0 Å². The number of carbonyl (C=O) groups excluding carboxylic acids is 2. The molecule has 1 aromatic carbocycles. The number of likely N-dealkylation sites (tertiary alicyclic amines) is 1. The Balaban J connectivity index is 2.04. The van der Waals surface area contributed by atoms with Gasteiger partial charge in [-0.25, -0.2) is 4.79 Å². The van der Waals surface area contributed by atoms with Gasteiger partial charge in [0.05, 0.1) is 5.02 Å². The first-order valence-electron chi connectivity index (χ1n) is 8.11. The van der Waals surface area contributed by atoms with E-state index in [-0.39, 0.29) is 10.8 Å². The summed E-state index contributed by atoms with van der Waals surface area (Å²) in [4.78, 5) is 26.1. The fourth-order valence-corrected chi connectivity index (χ4v) is 2.80. The highest BCUT2D eigenvalue weighted by Crippen LogP contribution is 2.29. The van der Waals surface area contributed by atoms with Crippen LogP contribution in [0.5, 0.6) is 5.75 Å². The van der Waals surface area contributed by atoms with Crippen molar-refractivity contribution in [2.24, 2.45) is 0 Å². The number of rotatable bonds is 4. The van der Waals surface area contributed by atoms with Crippen LogP contribution in [0.4, 0.5) is 19.3 Å². The van der Waals surface area contributed by atoms with Gasteiger partial charge in [-0.3, -0.25) is 9.69 Å².